The minimum Gasteiger partial charge on any atom is -0.310 e. The Bertz CT molecular complexity index is 374. The van der Waals surface area contributed by atoms with Crippen molar-refractivity contribution in [1.29, 1.82) is 0 Å². The number of hydrogen-bond acceptors (Lipinski definition) is 1. The van der Waals surface area contributed by atoms with Gasteiger partial charge in [0.25, 0.3) is 0 Å². The molecule has 1 aliphatic rings. The topological polar surface area (TPSA) is 12.0 Å². The maximum absolute atomic E-state index is 13.1. The van der Waals surface area contributed by atoms with Gasteiger partial charge in [-0.05, 0) is 24.6 Å². The van der Waals surface area contributed by atoms with Gasteiger partial charge in [-0.1, -0.05) is 12.1 Å². The molecule has 2 rings (SSSR count). The second-order valence-corrected chi connectivity index (χ2v) is 3.50. The molecular weight excluding hydrogens is 246 g/mol. The first-order chi connectivity index (χ1) is 7.00. The van der Waals surface area contributed by atoms with Crippen molar-refractivity contribution in [2.75, 3.05) is 6.54 Å². The lowest BCUT2D eigenvalue weighted by Gasteiger charge is -2.30. The van der Waals surface area contributed by atoms with Crippen LogP contribution in [-0.2, 0) is 6.18 Å². The summed E-state index contributed by atoms with van der Waals surface area (Å²) in [7, 11) is 0. The standard InChI is InChI=1S/C10H9F4N.ClH/c11-7-3-1-2-6(8-4-5-15-8)9(7)10(12,13)14;/h1-3,8,15H,4-5H2;1H/t8-;/m0./s1. The summed E-state index contributed by atoms with van der Waals surface area (Å²) in [5.74, 6) is -1.20. The number of halogens is 5. The number of nitrogens with one attached hydrogen (secondary N) is 1. The van der Waals surface area contributed by atoms with E-state index in [9.17, 15) is 17.6 Å². The molecule has 0 aromatic heterocycles. The molecule has 0 unspecified atom stereocenters. The Morgan fingerprint density at radius 3 is 2.31 bits per heavy atom. The third kappa shape index (κ3) is 2.30. The Hall–Kier alpha value is -0.810. The molecule has 1 nitrogen and oxygen atoms in total. The van der Waals surface area contributed by atoms with E-state index in [4.69, 9.17) is 0 Å². The van der Waals surface area contributed by atoms with Gasteiger partial charge >= 0.3 is 6.18 Å². The third-order valence-electron chi connectivity index (χ3n) is 2.53. The van der Waals surface area contributed by atoms with E-state index in [-0.39, 0.29) is 24.0 Å². The first kappa shape index (κ1) is 13.3. The first-order valence-electron chi connectivity index (χ1n) is 4.59. The molecule has 1 N–H and O–H groups in total. The van der Waals surface area contributed by atoms with Crippen LogP contribution in [0.5, 0.6) is 0 Å². The Labute approximate surface area is 96.3 Å². The first-order valence-corrected chi connectivity index (χ1v) is 4.59. The van der Waals surface area contributed by atoms with Crippen molar-refractivity contribution in [1.82, 2.24) is 5.32 Å². The molecule has 1 saturated heterocycles. The number of hydrogen-bond donors (Lipinski definition) is 1. The van der Waals surface area contributed by atoms with Gasteiger partial charge in [-0.3, -0.25) is 0 Å². The van der Waals surface area contributed by atoms with Crippen LogP contribution in [0.3, 0.4) is 0 Å². The van der Waals surface area contributed by atoms with Gasteiger partial charge in [-0.2, -0.15) is 13.2 Å². The van der Waals surface area contributed by atoms with E-state index >= 15 is 0 Å². The van der Waals surface area contributed by atoms with Crippen molar-refractivity contribution in [3.05, 3.63) is 35.1 Å². The Kier molecular flexibility index (Phi) is 3.80. The van der Waals surface area contributed by atoms with Crippen molar-refractivity contribution in [3.63, 3.8) is 0 Å². The smallest absolute Gasteiger partial charge is 0.310 e. The van der Waals surface area contributed by atoms with Gasteiger partial charge in [0.05, 0.1) is 5.56 Å². The highest BCUT2D eigenvalue weighted by molar-refractivity contribution is 5.85. The van der Waals surface area contributed by atoms with Gasteiger partial charge in [-0.15, -0.1) is 12.4 Å². The van der Waals surface area contributed by atoms with Crippen LogP contribution in [0.25, 0.3) is 0 Å². The summed E-state index contributed by atoms with van der Waals surface area (Å²) in [6.45, 7) is 0.679. The van der Waals surface area contributed by atoms with E-state index in [1.807, 2.05) is 0 Å². The molecule has 6 heteroatoms. The molecule has 1 atom stereocenters. The molecule has 0 radical (unpaired) electrons. The lowest BCUT2D eigenvalue weighted by Crippen LogP contribution is -2.36. The average molecular weight is 256 g/mol. The van der Waals surface area contributed by atoms with Gasteiger partial charge in [-0.25, -0.2) is 4.39 Å². The fourth-order valence-electron chi connectivity index (χ4n) is 1.68. The monoisotopic (exact) mass is 255 g/mol. The lowest BCUT2D eigenvalue weighted by molar-refractivity contribution is -0.141. The SMILES string of the molecule is Cl.Fc1cccc([C@@H]2CCN2)c1C(F)(F)F. The summed E-state index contributed by atoms with van der Waals surface area (Å²) in [4.78, 5) is 0. The Morgan fingerprint density at radius 1 is 1.25 bits per heavy atom. The lowest BCUT2D eigenvalue weighted by atomic mass is 9.93. The van der Waals surface area contributed by atoms with Crippen molar-refractivity contribution >= 4 is 12.4 Å². The van der Waals surface area contributed by atoms with Crippen LogP contribution in [0, 0.1) is 5.82 Å². The van der Waals surface area contributed by atoms with Crippen molar-refractivity contribution in [2.24, 2.45) is 0 Å². The molecule has 16 heavy (non-hydrogen) atoms. The molecule has 0 spiro atoms. The van der Waals surface area contributed by atoms with Crippen molar-refractivity contribution in [3.8, 4) is 0 Å². The zero-order chi connectivity index (χ0) is 11.1. The van der Waals surface area contributed by atoms with Crippen LogP contribution in [-0.4, -0.2) is 6.54 Å². The molecule has 1 aromatic rings. The van der Waals surface area contributed by atoms with Crippen LogP contribution in [0.4, 0.5) is 17.6 Å². The summed E-state index contributed by atoms with van der Waals surface area (Å²) in [6, 6.07) is 3.10. The van der Waals surface area contributed by atoms with Crippen molar-refractivity contribution in [2.45, 2.75) is 18.6 Å². The molecule has 90 valence electrons. The van der Waals surface area contributed by atoms with Gasteiger partial charge in [0.15, 0.2) is 0 Å². The molecule has 0 aliphatic carbocycles. The highest BCUT2D eigenvalue weighted by atomic mass is 35.5. The molecule has 1 fully saturated rings. The highest BCUT2D eigenvalue weighted by Gasteiger charge is 2.39. The van der Waals surface area contributed by atoms with Gasteiger partial charge in [0.1, 0.15) is 5.82 Å². The maximum Gasteiger partial charge on any atom is 0.419 e. The predicted octanol–water partition coefficient (Wildman–Crippen LogP) is 3.30. The number of alkyl halides is 3. The van der Waals surface area contributed by atoms with Crippen LogP contribution in [0.1, 0.15) is 23.6 Å². The molecule has 1 aromatic carbocycles. The van der Waals surface area contributed by atoms with Crippen LogP contribution in [0.15, 0.2) is 18.2 Å². The second-order valence-electron chi connectivity index (χ2n) is 3.50. The summed E-state index contributed by atoms with van der Waals surface area (Å²) < 4.78 is 50.8. The zero-order valence-electron chi connectivity index (χ0n) is 8.14. The van der Waals surface area contributed by atoms with E-state index in [1.54, 1.807) is 0 Å². The summed E-state index contributed by atoms with van der Waals surface area (Å²) in [5, 5.41) is 2.83. The summed E-state index contributed by atoms with van der Waals surface area (Å²) in [6.07, 6.45) is -4.01. The van der Waals surface area contributed by atoms with Gasteiger partial charge in [0.2, 0.25) is 0 Å². The van der Waals surface area contributed by atoms with Gasteiger partial charge < -0.3 is 5.32 Å². The largest absolute Gasteiger partial charge is 0.419 e. The van der Waals surface area contributed by atoms with E-state index in [0.29, 0.717) is 13.0 Å². The second kappa shape index (κ2) is 4.59. The molecule has 0 bridgehead atoms. The van der Waals surface area contributed by atoms with Crippen molar-refractivity contribution < 1.29 is 17.6 Å². The predicted molar refractivity (Wildman–Crippen MR) is 54.0 cm³/mol. The minimum atomic E-state index is -4.63. The van der Waals surface area contributed by atoms with Gasteiger partial charge in [0, 0.05) is 6.04 Å². The molecule has 1 heterocycles. The van der Waals surface area contributed by atoms with Crippen LogP contribution >= 0.6 is 12.4 Å². The zero-order valence-corrected chi connectivity index (χ0v) is 8.96. The number of rotatable bonds is 1. The molecule has 1 aliphatic heterocycles. The third-order valence-corrected chi connectivity index (χ3v) is 2.53. The molecule has 0 saturated carbocycles. The quantitative estimate of drug-likeness (QED) is 0.760. The Morgan fingerprint density at radius 2 is 1.88 bits per heavy atom. The van der Waals surface area contributed by atoms with E-state index in [1.165, 1.54) is 12.1 Å². The fourth-order valence-corrected chi connectivity index (χ4v) is 1.68. The molecular formula is C10H10ClF4N. The van der Waals surface area contributed by atoms with E-state index in [2.05, 4.69) is 5.32 Å². The molecule has 0 amide bonds. The van der Waals surface area contributed by atoms with Crippen LogP contribution in [0.2, 0.25) is 0 Å². The highest BCUT2D eigenvalue weighted by Crippen LogP contribution is 2.38. The Balaban J connectivity index is 0.00000128. The summed E-state index contributed by atoms with van der Waals surface area (Å²) >= 11 is 0. The average Bonchev–Trinajstić information content (AvgIpc) is 1.97. The fraction of sp³-hybridized carbons (Fsp3) is 0.400. The summed E-state index contributed by atoms with van der Waals surface area (Å²) in [5.41, 5.74) is -1.13. The van der Waals surface area contributed by atoms with E-state index in [0.717, 1.165) is 6.07 Å². The van der Waals surface area contributed by atoms with E-state index < -0.39 is 17.6 Å². The minimum absolute atomic E-state index is 0. The maximum atomic E-state index is 13.1. The van der Waals surface area contributed by atoms with Crippen LogP contribution < -0.4 is 5.32 Å². The number of benzene rings is 1. The normalized spacial score (nSPS) is 19.9.